The Morgan fingerprint density at radius 1 is 1.40 bits per heavy atom. The molecule has 4 nitrogen and oxygen atoms in total. The lowest BCUT2D eigenvalue weighted by Crippen LogP contribution is -2.40. The topological polar surface area (TPSA) is 54.0 Å². The lowest BCUT2D eigenvalue weighted by molar-refractivity contribution is 0.0890. The average Bonchev–Trinajstić information content (AvgIpc) is 2.42. The molecular weight excluding hydrogens is 250 g/mol. The third-order valence-corrected chi connectivity index (χ3v) is 4.14. The Labute approximate surface area is 121 Å². The maximum Gasteiger partial charge on any atom is 0.251 e. The standard InChI is InChI=1S/C16H25N3O/c1-4-6-13-9-12(10-14(17-3)19-13)15(20)18-11-16(2)7-5-8-16/h9-10H,4-8,11H2,1-3H3,(H,17,19)(H,18,20). The Bertz CT molecular complexity index is 481. The lowest BCUT2D eigenvalue weighted by atomic mass is 9.70. The van der Waals surface area contributed by atoms with E-state index < -0.39 is 0 Å². The molecule has 2 N–H and O–H groups in total. The minimum atomic E-state index is 0.00868. The number of pyridine rings is 1. The first-order chi connectivity index (χ1) is 9.56. The molecule has 1 aliphatic carbocycles. The van der Waals surface area contributed by atoms with Crippen LogP contribution in [0, 0.1) is 5.41 Å². The highest BCUT2D eigenvalue weighted by Crippen LogP contribution is 2.39. The van der Waals surface area contributed by atoms with Gasteiger partial charge in [0.15, 0.2) is 0 Å². The van der Waals surface area contributed by atoms with Crippen LogP contribution < -0.4 is 10.6 Å². The van der Waals surface area contributed by atoms with Gasteiger partial charge in [0.2, 0.25) is 0 Å². The highest BCUT2D eigenvalue weighted by Gasteiger charge is 2.31. The van der Waals surface area contributed by atoms with Gasteiger partial charge in [-0.2, -0.15) is 0 Å². The molecule has 0 unspecified atom stereocenters. The van der Waals surface area contributed by atoms with E-state index in [1.807, 2.05) is 19.2 Å². The SMILES string of the molecule is CCCc1cc(C(=O)NCC2(C)CCC2)cc(NC)n1. The van der Waals surface area contributed by atoms with Crippen molar-refractivity contribution in [1.29, 1.82) is 0 Å². The van der Waals surface area contributed by atoms with Gasteiger partial charge in [0, 0.05) is 24.8 Å². The van der Waals surface area contributed by atoms with Crippen molar-refractivity contribution in [1.82, 2.24) is 10.3 Å². The van der Waals surface area contributed by atoms with Gasteiger partial charge in [-0.1, -0.05) is 26.7 Å². The Morgan fingerprint density at radius 3 is 2.70 bits per heavy atom. The maximum atomic E-state index is 12.3. The number of aryl methyl sites for hydroxylation is 1. The van der Waals surface area contributed by atoms with Crippen LogP contribution in [-0.4, -0.2) is 24.5 Å². The van der Waals surface area contributed by atoms with Crippen molar-refractivity contribution >= 4 is 11.7 Å². The van der Waals surface area contributed by atoms with Crippen molar-refractivity contribution in [2.75, 3.05) is 18.9 Å². The third-order valence-electron chi connectivity index (χ3n) is 4.14. The molecule has 1 aromatic rings. The Morgan fingerprint density at radius 2 is 2.15 bits per heavy atom. The lowest BCUT2D eigenvalue weighted by Gasteiger charge is -2.38. The molecule has 1 aliphatic rings. The van der Waals surface area contributed by atoms with Crippen molar-refractivity contribution in [2.24, 2.45) is 5.41 Å². The molecule has 1 saturated carbocycles. The summed E-state index contributed by atoms with van der Waals surface area (Å²) in [6.45, 7) is 5.13. The Hall–Kier alpha value is -1.58. The summed E-state index contributed by atoms with van der Waals surface area (Å²) in [5.41, 5.74) is 1.98. The van der Waals surface area contributed by atoms with Crippen LogP contribution in [0.25, 0.3) is 0 Å². The summed E-state index contributed by atoms with van der Waals surface area (Å²) in [7, 11) is 1.83. The summed E-state index contributed by atoms with van der Waals surface area (Å²) in [4.78, 5) is 16.8. The zero-order chi connectivity index (χ0) is 14.6. The Kier molecular flexibility index (Phi) is 4.63. The van der Waals surface area contributed by atoms with E-state index in [0.717, 1.165) is 30.9 Å². The Balaban J connectivity index is 2.05. The monoisotopic (exact) mass is 275 g/mol. The summed E-state index contributed by atoms with van der Waals surface area (Å²) in [5.74, 6) is 0.769. The molecule has 0 bridgehead atoms. The fraction of sp³-hybridized carbons (Fsp3) is 0.625. The van der Waals surface area contributed by atoms with Gasteiger partial charge in [-0.05, 0) is 36.8 Å². The minimum Gasteiger partial charge on any atom is -0.373 e. The van der Waals surface area contributed by atoms with E-state index >= 15 is 0 Å². The first-order valence-electron chi connectivity index (χ1n) is 7.53. The predicted molar refractivity (Wildman–Crippen MR) is 82.1 cm³/mol. The number of carbonyl (C=O) groups excluding carboxylic acids is 1. The largest absolute Gasteiger partial charge is 0.373 e. The second kappa shape index (κ2) is 6.25. The highest BCUT2D eigenvalue weighted by atomic mass is 16.1. The third kappa shape index (κ3) is 3.50. The van der Waals surface area contributed by atoms with Crippen molar-refractivity contribution in [3.05, 3.63) is 23.4 Å². The number of nitrogens with one attached hydrogen (secondary N) is 2. The van der Waals surface area contributed by atoms with Gasteiger partial charge in [-0.15, -0.1) is 0 Å². The second-order valence-corrected chi connectivity index (χ2v) is 6.08. The highest BCUT2D eigenvalue weighted by molar-refractivity contribution is 5.95. The first-order valence-corrected chi connectivity index (χ1v) is 7.53. The fourth-order valence-electron chi connectivity index (χ4n) is 2.58. The van der Waals surface area contributed by atoms with Crippen LogP contribution in [0.4, 0.5) is 5.82 Å². The second-order valence-electron chi connectivity index (χ2n) is 6.08. The van der Waals surface area contributed by atoms with E-state index in [4.69, 9.17) is 0 Å². The van der Waals surface area contributed by atoms with Crippen molar-refractivity contribution in [3.8, 4) is 0 Å². The molecule has 110 valence electrons. The molecule has 1 fully saturated rings. The molecular formula is C16H25N3O. The van der Waals surface area contributed by atoms with Crippen molar-refractivity contribution < 1.29 is 4.79 Å². The zero-order valence-electron chi connectivity index (χ0n) is 12.8. The minimum absolute atomic E-state index is 0.00868. The molecule has 1 aromatic heterocycles. The molecule has 1 amide bonds. The number of hydrogen-bond donors (Lipinski definition) is 2. The number of amides is 1. The van der Waals surface area contributed by atoms with Crippen LogP contribution >= 0.6 is 0 Å². The van der Waals surface area contributed by atoms with Gasteiger partial charge in [0.05, 0.1) is 0 Å². The zero-order valence-corrected chi connectivity index (χ0v) is 12.8. The van der Waals surface area contributed by atoms with Crippen LogP contribution in [0.5, 0.6) is 0 Å². The molecule has 4 heteroatoms. The van der Waals surface area contributed by atoms with Crippen LogP contribution in [0.15, 0.2) is 12.1 Å². The van der Waals surface area contributed by atoms with Gasteiger partial charge in [-0.25, -0.2) is 4.98 Å². The van der Waals surface area contributed by atoms with Gasteiger partial charge < -0.3 is 10.6 Å². The van der Waals surface area contributed by atoms with Crippen LogP contribution in [0.2, 0.25) is 0 Å². The van der Waals surface area contributed by atoms with E-state index in [9.17, 15) is 4.79 Å². The van der Waals surface area contributed by atoms with Crippen LogP contribution in [0.3, 0.4) is 0 Å². The molecule has 0 spiro atoms. The number of carbonyl (C=O) groups is 1. The number of nitrogens with zero attached hydrogens (tertiary/aromatic N) is 1. The number of rotatable bonds is 6. The van der Waals surface area contributed by atoms with E-state index in [2.05, 4.69) is 29.5 Å². The number of hydrogen-bond acceptors (Lipinski definition) is 3. The molecule has 0 atom stereocenters. The molecule has 1 heterocycles. The predicted octanol–water partition coefficient (Wildman–Crippen LogP) is 3.00. The van der Waals surface area contributed by atoms with E-state index in [1.165, 1.54) is 19.3 Å². The average molecular weight is 275 g/mol. The summed E-state index contributed by atoms with van der Waals surface area (Å²) in [6.07, 6.45) is 5.64. The number of anilines is 1. The summed E-state index contributed by atoms with van der Waals surface area (Å²) in [5, 5.41) is 6.09. The molecule has 0 radical (unpaired) electrons. The van der Waals surface area contributed by atoms with Gasteiger partial charge in [-0.3, -0.25) is 4.79 Å². The molecule has 20 heavy (non-hydrogen) atoms. The number of aromatic nitrogens is 1. The molecule has 0 aromatic carbocycles. The quantitative estimate of drug-likeness (QED) is 0.839. The van der Waals surface area contributed by atoms with Gasteiger partial charge in [0.25, 0.3) is 5.91 Å². The smallest absolute Gasteiger partial charge is 0.251 e. The summed E-state index contributed by atoms with van der Waals surface area (Å²) < 4.78 is 0. The summed E-state index contributed by atoms with van der Waals surface area (Å²) in [6, 6.07) is 3.72. The van der Waals surface area contributed by atoms with Gasteiger partial charge >= 0.3 is 0 Å². The molecule has 2 rings (SSSR count). The van der Waals surface area contributed by atoms with E-state index in [-0.39, 0.29) is 5.91 Å². The van der Waals surface area contributed by atoms with Crippen LogP contribution in [-0.2, 0) is 6.42 Å². The van der Waals surface area contributed by atoms with E-state index in [1.54, 1.807) is 0 Å². The molecule has 0 saturated heterocycles. The first kappa shape index (κ1) is 14.8. The van der Waals surface area contributed by atoms with Crippen molar-refractivity contribution in [3.63, 3.8) is 0 Å². The van der Waals surface area contributed by atoms with Crippen LogP contribution in [0.1, 0.15) is 55.6 Å². The molecule has 0 aliphatic heterocycles. The normalized spacial score (nSPS) is 16.4. The maximum absolute atomic E-state index is 12.3. The van der Waals surface area contributed by atoms with Crippen molar-refractivity contribution in [2.45, 2.75) is 46.0 Å². The van der Waals surface area contributed by atoms with E-state index in [0.29, 0.717) is 11.0 Å². The fourth-order valence-corrected chi connectivity index (χ4v) is 2.58. The summed E-state index contributed by atoms with van der Waals surface area (Å²) >= 11 is 0. The van der Waals surface area contributed by atoms with Gasteiger partial charge in [0.1, 0.15) is 5.82 Å².